The van der Waals surface area contributed by atoms with Crippen LogP contribution >= 0.6 is 15.9 Å². The third kappa shape index (κ3) is 4.45. The molecule has 1 saturated heterocycles. The van der Waals surface area contributed by atoms with Crippen LogP contribution in [0.2, 0.25) is 0 Å². The molecular formula is C16H26BrN3. The molecule has 1 fully saturated rings. The zero-order valence-corrected chi connectivity index (χ0v) is 14.4. The number of nitrogens with one attached hydrogen (secondary N) is 1. The average Bonchev–Trinajstić information content (AvgIpc) is 2.38. The van der Waals surface area contributed by atoms with Crippen LogP contribution in [0.15, 0.2) is 16.7 Å². The Hall–Kier alpha value is -0.610. The van der Waals surface area contributed by atoms with Gasteiger partial charge in [-0.3, -0.25) is 0 Å². The number of piperidine rings is 1. The number of hydrogen-bond acceptors (Lipinski definition) is 3. The summed E-state index contributed by atoms with van der Waals surface area (Å²) >= 11 is 3.49. The molecule has 1 aliphatic heterocycles. The Morgan fingerprint density at radius 2 is 2.30 bits per heavy atom. The van der Waals surface area contributed by atoms with E-state index >= 15 is 0 Å². The third-order valence-electron chi connectivity index (χ3n) is 3.82. The van der Waals surface area contributed by atoms with Crippen LogP contribution in [-0.2, 0) is 0 Å². The molecule has 0 amide bonds. The molecule has 0 aromatic carbocycles. The summed E-state index contributed by atoms with van der Waals surface area (Å²) in [4.78, 5) is 7.05. The lowest BCUT2D eigenvalue weighted by Crippen LogP contribution is -2.40. The minimum absolute atomic E-state index is 0.727. The maximum absolute atomic E-state index is 4.60. The van der Waals surface area contributed by atoms with Crippen LogP contribution in [0.25, 0.3) is 0 Å². The fraction of sp³-hybridized carbons (Fsp3) is 0.688. The molecule has 1 N–H and O–H groups in total. The predicted molar refractivity (Wildman–Crippen MR) is 89.3 cm³/mol. The molecule has 1 aliphatic rings. The van der Waals surface area contributed by atoms with E-state index in [4.69, 9.17) is 0 Å². The van der Waals surface area contributed by atoms with E-state index < -0.39 is 0 Å². The maximum atomic E-state index is 4.60. The van der Waals surface area contributed by atoms with E-state index in [-0.39, 0.29) is 0 Å². The summed E-state index contributed by atoms with van der Waals surface area (Å²) < 4.78 is 1.06. The van der Waals surface area contributed by atoms with Crippen molar-refractivity contribution in [2.24, 2.45) is 11.8 Å². The maximum Gasteiger partial charge on any atom is 0.131 e. The summed E-state index contributed by atoms with van der Waals surface area (Å²) in [6.07, 6.45) is 4.51. The molecule has 1 aromatic rings. The molecule has 4 heteroatoms. The molecule has 0 radical (unpaired) electrons. The summed E-state index contributed by atoms with van der Waals surface area (Å²) in [6, 6.07) is 2.16. The van der Waals surface area contributed by atoms with Crippen molar-refractivity contribution < 1.29 is 0 Å². The van der Waals surface area contributed by atoms with Gasteiger partial charge in [-0.25, -0.2) is 4.98 Å². The fourth-order valence-electron chi connectivity index (χ4n) is 2.86. The molecule has 1 aromatic heterocycles. The van der Waals surface area contributed by atoms with Crippen molar-refractivity contribution in [2.75, 3.05) is 31.1 Å². The Balaban J connectivity index is 1.92. The molecule has 0 bridgehead atoms. The van der Waals surface area contributed by atoms with Crippen molar-refractivity contribution in [3.05, 3.63) is 22.3 Å². The molecule has 2 heterocycles. The molecule has 0 aliphatic carbocycles. The van der Waals surface area contributed by atoms with Crippen LogP contribution in [0.1, 0.15) is 32.3 Å². The normalized spacial score (nSPS) is 19.6. The SMILES string of the molecule is Cc1cc(Br)cnc1N1CCCC(CNCC(C)C)C1. The van der Waals surface area contributed by atoms with E-state index in [0.717, 1.165) is 48.3 Å². The second kappa shape index (κ2) is 7.41. The summed E-state index contributed by atoms with van der Waals surface area (Å²) in [5.41, 5.74) is 1.26. The van der Waals surface area contributed by atoms with E-state index in [9.17, 15) is 0 Å². The van der Waals surface area contributed by atoms with Gasteiger partial charge >= 0.3 is 0 Å². The Morgan fingerprint density at radius 3 is 3.00 bits per heavy atom. The molecule has 1 unspecified atom stereocenters. The number of aryl methyl sites for hydroxylation is 1. The van der Waals surface area contributed by atoms with E-state index in [0.29, 0.717) is 0 Å². The highest BCUT2D eigenvalue weighted by Gasteiger charge is 2.21. The number of halogens is 1. The van der Waals surface area contributed by atoms with Crippen molar-refractivity contribution in [1.82, 2.24) is 10.3 Å². The zero-order valence-electron chi connectivity index (χ0n) is 12.8. The van der Waals surface area contributed by atoms with Gasteiger partial charge in [0.2, 0.25) is 0 Å². The molecule has 20 heavy (non-hydrogen) atoms. The molecule has 2 rings (SSSR count). The highest BCUT2D eigenvalue weighted by Crippen LogP contribution is 2.25. The predicted octanol–water partition coefficient (Wildman–Crippen LogP) is 3.61. The van der Waals surface area contributed by atoms with Crippen molar-refractivity contribution in [3.8, 4) is 0 Å². The summed E-state index contributed by atoms with van der Waals surface area (Å²) in [5, 5.41) is 3.60. The minimum Gasteiger partial charge on any atom is -0.356 e. The van der Waals surface area contributed by atoms with Gasteiger partial charge < -0.3 is 10.2 Å². The van der Waals surface area contributed by atoms with Gasteiger partial charge in [0.05, 0.1) is 0 Å². The van der Waals surface area contributed by atoms with Gasteiger partial charge in [-0.05, 0) is 72.3 Å². The number of aromatic nitrogens is 1. The average molecular weight is 340 g/mol. The van der Waals surface area contributed by atoms with Gasteiger partial charge in [-0.2, -0.15) is 0 Å². The monoisotopic (exact) mass is 339 g/mol. The molecule has 112 valence electrons. The van der Waals surface area contributed by atoms with E-state index in [1.807, 2.05) is 6.20 Å². The summed E-state index contributed by atoms with van der Waals surface area (Å²) in [7, 11) is 0. The van der Waals surface area contributed by atoms with E-state index in [1.54, 1.807) is 0 Å². The third-order valence-corrected chi connectivity index (χ3v) is 4.26. The first-order chi connectivity index (χ1) is 9.56. The molecule has 0 saturated carbocycles. The zero-order chi connectivity index (χ0) is 14.5. The fourth-order valence-corrected chi connectivity index (χ4v) is 3.31. The quantitative estimate of drug-likeness (QED) is 0.887. The number of anilines is 1. The lowest BCUT2D eigenvalue weighted by atomic mass is 9.97. The summed E-state index contributed by atoms with van der Waals surface area (Å²) in [6.45, 7) is 11.2. The molecule has 1 atom stereocenters. The van der Waals surface area contributed by atoms with Gasteiger partial charge in [0.15, 0.2) is 0 Å². The second-order valence-electron chi connectivity index (χ2n) is 6.30. The Morgan fingerprint density at radius 1 is 1.50 bits per heavy atom. The van der Waals surface area contributed by atoms with Gasteiger partial charge in [0, 0.05) is 23.8 Å². The topological polar surface area (TPSA) is 28.2 Å². The van der Waals surface area contributed by atoms with Crippen LogP contribution in [-0.4, -0.2) is 31.2 Å². The van der Waals surface area contributed by atoms with Crippen LogP contribution in [0.4, 0.5) is 5.82 Å². The first-order valence-corrected chi connectivity index (χ1v) is 8.43. The molecular weight excluding hydrogens is 314 g/mol. The molecule has 0 spiro atoms. The number of nitrogens with zero attached hydrogens (tertiary/aromatic N) is 2. The first-order valence-electron chi connectivity index (χ1n) is 7.64. The van der Waals surface area contributed by atoms with Crippen molar-refractivity contribution in [3.63, 3.8) is 0 Å². The molecule has 3 nitrogen and oxygen atoms in total. The van der Waals surface area contributed by atoms with Crippen LogP contribution < -0.4 is 10.2 Å². The number of pyridine rings is 1. The van der Waals surface area contributed by atoms with Gasteiger partial charge in [-0.1, -0.05) is 13.8 Å². The first kappa shape index (κ1) is 15.8. The van der Waals surface area contributed by atoms with Crippen molar-refractivity contribution in [2.45, 2.75) is 33.6 Å². The van der Waals surface area contributed by atoms with Crippen molar-refractivity contribution >= 4 is 21.7 Å². The highest BCUT2D eigenvalue weighted by molar-refractivity contribution is 9.10. The number of rotatable bonds is 5. The number of hydrogen-bond donors (Lipinski definition) is 1. The minimum atomic E-state index is 0.727. The van der Waals surface area contributed by atoms with E-state index in [2.05, 4.69) is 58.0 Å². The van der Waals surface area contributed by atoms with Gasteiger partial charge in [0.1, 0.15) is 5.82 Å². The van der Waals surface area contributed by atoms with Crippen LogP contribution in [0.5, 0.6) is 0 Å². The second-order valence-corrected chi connectivity index (χ2v) is 7.22. The van der Waals surface area contributed by atoms with Gasteiger partial charge in [0.25, 0.3) is 0 Å². The van der Waals surface area contributed by atoms with Crippen LogP contribution in [0, 0.1) is 18.8 Å². The van der Waals surface area contributed by atoms with E-state index in [1.165, 1.54) is 18.4 Å². The standard InChI is InChI=1S/C16H26BrN3/c1-12(2)8-18-9-14-5-4-6-20(11-14)16-13(3)7-15(17)10-19-16/h7,10,12,14,18H,4-6,8-9,11H2,1-3H3. The Kier molecular flexibility index (Phi) is 5.85. The van der Waals surface area contributed by atoms with Crippen LogP contribution in [0.3, 0.4) is 0 Å². The Bertz CT molecular complexity index is 434. The largest absolute Gasteiger partial charge is 0.356 e. The lowest BCUT2D eigenvalue weighted by Gasteiger charge is -2.34. The Labute approximate surface area is 131 Å². The highest BCUT2D eigenvalue weighted by atomic mass is 79.9. The lowest BCUT2D eigenvalue weighted by molar-refractivity contribution is 0.381. The van der Waals surface area contributed by atoms with Crippen molar-refractivity contribution in [1.29, 1.82) is 0 Å². The summed E-state index contributed by atoms with van der Waals surface area (Å²) in [5.74, 6) is 2.62. The smallest absolute Gasteiger partial charge is 0.131 e. The van der Waals surface area contributed by atoms with Gasteiger partial charge in [-0.15, -0.1) is 0 Å².